The molecule has 0 amide bonds. The molecule has 0 unspecified atom stereocenters. The second-order valence-electron chi connectivity index (χ2n) is 3.63. The molecule has 0 atom stereocenters. The van der Waals surface area contributed by atoms with Crippen LogP contribution in [0.25, 0.3) is 11.3 Å². The summed E-state index contributed by atoms with van der Waals surface area (Å²) in [6.07, 6.45) is 2.45. The molecule has 1 heterocycles. The fourth-order valence-electron chi connectivity index (χ4n) is 1.59. The molecule has 1 aromatic carbocycles. The molecule has 0 saturated heterocycles. The smallest absolute Gasteiger partial charge is 0.130 e. The lowest BCUT2D eigenvalue weighted by molar-refractivity contribution is 0.415. The van der Waals surface area contributed by atoms with Crippen LogP contribution in [0.15, 0.2) is 36.5 Å². The van der Waals surface area contributed by atoms with Crippen LogP contribution in [-0.2, 0) is 6.42 Å². The van der Waals surface area contributed by atoms with Crippen LogP contribution < -0.4 is 10.5 Å². The third-order valence-electron chi connectivity index (χ3n) is 2.44. The molecule has 4 nitrogen and oxygen atoms in total. The first-order chi connectivity index (χ1) is 8.33. The Kier molecular flexibility index (Phi) is 5.55. The zero-order valence-electron chi connectivity index (χ0n) is 10.2. The van der Waals surface area contributed by atoms with Gasteiger partial charge in [-0.1, -0.05) is 12.1 Å². The average Bonchev–Trinajstić information content (AvgIpc) is 2.40. The van der Waals surface area contributed by atoms with Gasteiger partial charge >= 0.3 is 0 Å². The number of nitrogens with two attached hydrogens (primary N) is 1. The summed E-state index contributed by atoms with van der Waals surface area (Å²) in [5.41, 5.74) is 7.40. The van der Waals surface area contributed by atoms with E-state index in [1.165, 1.54) is 0 Å². The Balaban J connectivity index is 0.00000162. The molecule has 0 spiro atoms. The van der Waals surface area contributed by atoms with Crippen LogP contribution >= 0.6 is 12.4 Å². The first kappa shape index (κ1) is 14.4. The van der Waals surface area contributed by atoms with Crippen LogP contribution in [0.2, 0.25) is 0 Å². The van der Waals surface area contributed by atoms with E-state index in [0.717, 1.165) is 22.8 Å². The van der Waals surface area contributed by atoms with Gasteiger partial charge < -0.3 is 10.5 Å². The highest BCUT2D eigenvalue weighted by Crippen LogP contribution is 2.21. The van der Waals surface area contributed by atoms with Gasteiger partial charge in [0.25, 0.3) is 0 Å². The number of nitrogens with zero attached hydrogens (tertiary/aromatic N) is 2. The lowest BCUT2D eigenvalue weighted by Crippen LogP contribution is -2.06. The number of aromatic nitrogens is 2. The highest BCUT2D eigenvalue weighted by Gasteiger charge is 2.02. The van der Waals surface area contributed by atoms with Crippen molar-refractivity contribution in [3.63, 3.8) is 0 Å². The Morgan fingerprint density at radius 2 is 2.11 bits per heavy atom. The highest BCUT2D eigenvalue weighted by atomic mass is 35.5. The molecule has 2 rings (SSSR count). The van der Waals surface area contributed by atoms with Gasteiger partial charge in [-0.3, -0.25) is 0 Å². The standard InChI is InChI=1S/C13H15N3O.ClH/c1-17-11-4-2-3-10(9-11)12-6-8-15-13(16-12)5-7-14;/h2-4,6,8-9H,5,7,14H2,1H3;1H. The van der Waals surface area contributed by atoms with Gasteiger partial charge in [0.05, 0.1) is 12.8 Å². The number of rotatable bonds is 4. The highest BCUT2D eigenvalue weighted by molar-refractivity contribution is 5.85. The maximum Gasteiger partial charge on any atom is 0.130 e. The summed E-state index contributed by atoms with van der Waals surface area (Å²) >= 11 is 0. The number of ether oxygens (including phenoxy) is 1. The minimum Gasteiger partial charge on any atom is -0.497 e. The molecular formula is C13H16ClN3O. The zero-order valence-corrected chi connectivity index (χ0v) is 11.0. The van der Waals surface area contributed by atoms with Crippen LogP contribution in [-0.4, -0.2) is 23.6 Å². The Bertz CT molecular complexity index is 505. The first-order valence-corrected chi connectivity index (χ1v) is 5.50. The lowest BCUT2D eigenvalue weighted by Gasteiger charge is -2.05. The maximum atomic E-state index is 5.49. The monoisotopic (exact) mass is 265 g/mol. The van der Waals surface area contributed by atoms with Gasteiger partial charge in [0.1, 0.15) is 11.6 Å². The topological polar surface area (TPSA) is 61.0 Å². The second-order valence-corrected chi connectivity index (χ2v) is 3.63. The first-order valence-electron chi connectivity index (χ1n) is 5.50. The molecular weight excluding hydrogens is 250 g/mol. The summed E-state index contributed by atoms with van der Waals surface area (Å²) in [5, 5.41) is 0. The van der Waals surface area contributed by atoms with E-state index in [1.807, 2.05) is 30.3 Å². The molecule has 5 heteroatoms. The molecule has 2 N–H and O–H groups in total. The van der Waals surface area contributed by atoms with Gasteiger partial charge in [-0.05, 0) is 24.7 Å². The second kappa shape index (κ2) is 6.93. The molecule has 2 aromatic rings. The molecule has 0 aliphatic carbocycles. The Hall–Kier alpha value is -1.65. The van der Waals surface area contributed by atoms with Crippen molar-refractivity contribution >= 4 is 12.4 Å². The summed E-state index contributed by atoms with van der Waals surface area (Å²) in [4.78, 5) is 8.64. The quantitative estimate of drug-likeness (QED) is 0.919. The van der Waals surface area contributed by atoms with Crippen molar-refractivity contribution in [2.45, 2.75) is 6.42 Å². The van der Waals surface area contributed by atoms with Crippen molar-refractivity contribution < 1.29 is 4.74 Å². The van der Waals surface area contributed by atoms with E-state index in [0.29, 0.717) is 13.0 Å². The van der Waals surface area contributed by atoms with Crippen molar-refractivity contribution in [1.29, 1.82) is 0 Å². The molecule has 0 aliphatic heterocycles. The summed E-state index contributed by atoms with van der Waals surface area (Å²) in [7, 11) is 1.65. The van der Waals surface area contributed by atoms with E-state index in [1.54, 1.807) is 13.3 Å². The molecule has 96 valence electrons. The van der Waals surface area contributed by atoms with Crippen LogP contribution in [0.4, 0.5) is 0 Å². The molecule has 0 radical (unpaired) electrons. The van der Waals surface area contributed by atoms with E-state index in [-0.39, 0.29) is 12.4 Å². The molecule has 0 aliphatic rings. The van der Waals surface area contributed by atoms with E-state index in [9.17, 15) is 0 Å². The number of methoxy groups -OCH3 is 1. The minimum absolute atomic E-state index is 0. The maximum absolute atomic E-state index is 5.49. The van der Waals surface area contributed by atoms with Crippen molar-refractivity contribution in [3.05, 3.63) is 42.4 Å². The van der Waals surface area contributed by atoms with E-state index in [2.05, 4.69) is 9.97 Å². The van der Waals surface area contributed by atoms with E-state index >= 15 is 0 Å². The number of hydrogen-bond acceptors (Lipinski definition) is 4. The fourth-order valence-corrected chi connectivity index (χ4v) is 1.59. The number of hydrogen-bond donors (Lipinski definition) is 1. The third kappa shape index (κ3) is 3.42. The number of benzene rings is 1. The van der Waals surface area contributed by atoms with Crippen LogP contribution in [0.1, 0.15) is 5.82 Å². The predicted octanol–water partition coefficient (Wildman–Crippen LogP) is 2.08. The van der Waals surface area contributed by atoms with Crippen molar-refractivity contribution in [2.75, 3.05) is 13.7 Å². The largest absolute Gasteiger partial charge is 0.497 e. The summed E-state index contributed by atoms with van der Waals surface area (Å²) < 4.78 is 5.19. The number of halogens is 1. The predicted molar refractivity (Wildman–Crippen MR) is 74.0 cm³/mol. The van der Waals surface area contributed by atoms with Crippen LogP contribution in [0, 0.1) is 0 Å². The molecule has 18 heavy (non-hydrogen) atoms. The van der Waals surface area contributed by atoms with E-state index < -0.39 is 0 Å². The average molecular weight is 266 g/mol. The molecule has 0 fully saturated rings. The Labute approximate surface area is 113 Å². The Morgan fingerprint density at radius 1 is 1.28 bits per heavy atom. The lowest BCUT2D eigenvalue weighted by atomic mass is 10.1. The van der Waals surface area contributed by atoms with Gasteiger partial charge in [0.15, 0.2) is 0 Å². The SMILES string of the molecule is COc1cccc(-c2ccnc(CCN)n2)c1.Cl. The molecule has 0 bridgehead atoms. The molecule has 1 aromatic heterocycles. The fraction of sp³-hybridized carbons (Fsp3) is 0.231. The van der Waals surface area contributed by atoms with Crippen LogP contribution in [0.3, 0.4) is 0 Å². The summed E-state index contributed by atoms with van der Waals surface area (Å²) in [6, 6.07) is 9.69. The minimum atomic E-state index is 0. The van der Waals surface area contributed by atoms with Gasteiger partial charge in [-0.2, -0.15) is 0 Å². The zero-order chi connectivity index (χ0) is 12.1. The van der Waals surface area contributed by atoms with Gasteiger partial charge in [-0.25, -0.2) is 9.97 Å². The summed E-state index contributed by atoms with van der Waals surface area (Å²) in [6.45, 7) is 0.557. The van der Waals surface area contributed by atoms with E-state index in [4.69, 9.17) is 10.5 Å². The Morgan fingerprint density at radius 3 is 2.83 bits per heavy atom. The van der Waals surface area contributed by atoms with Gasteiger partial charge in [0.2, 0.25) is 0 Å². The molecule has 0 saturated carbocycles. The summed E-state index contributed by atoms with van der Waals surface area (Å²) in [5.74, 6) is 1.59. The van der Waals surface area contributed by atoms with Crippen molar-refractivity contribution in [3.8, 4) is 17.0 Å². The third-order valence-corrected chi connectivity index (χ3v) is 2.44. The van der Waals surface area contributed by atoms with Crippen molar-refractivity contribution in [1.82, 2.24) is 9.97 Å². The van der Waals surface area contributed by atoms with Crippen molar-refractivity contribution in [2.24, 2.45) is 5.73 Å². The normalized spacial score (nSPS) is 9.67. The van der Waals surface area contributed by atoms with Gasteiger partial charge in [0, 0.05) is 18.2 Å². The van der Waals surface area contributed by atoms with Gasteiger partial charge in [-0.15, -0.1) is 12.4 Å². The van der Waals surface area contributed by atoms with Crippen LogP contribution in [0.5, 0.6) is 5.75 Å².